The third kappa shape index (κ3) is 1.89. The van der Waals surface area contributed by atoms with Crippen molar-refractivity contribution in [3.63, 3.8) is 0 Å². The van der Waals surface area contributed by atoms with Crippen molar-refractivity contribution in [1.82, 2.24) is 0 Å². The van der Waals surface area contributed by atoms with E-state index in [0.29, 0.717) is 6.61 Å². The monoisotopic (exact) mass is 167 g/mol. The van der Waals surface area contributed by atoms with Crippen LogP contribution < -0.4 is 5.32 Å². The van der Waals surface area contributed by atoms with Gasteiger partial charge in [-0.05, 0) is 17.7 Å². The third-order valence-corrected chi connectivity index (χ3v) is 1.64. The molecule has 1 rings (SSSR count). The Morgan fingerprint density at radius 2 is 2.25 bits per heavy atom. The highest BCUT2D eigenvalue weighted by molar-refractivity contribution is 5.56. The summed E-state index contributed by atoms with van der Waals surface area (Å²) >= 11 is 0. The van der Waals surface area contributed by atoms with Gasteiger partial charge in [-0.3, -0.25) is 0 Å². The maximum Gasteiger partial charge on any atom is 0.138 e. The number of hydrogen-bond acceptors (Lipinski definition) is 3. The lowest BCUT2D eigenvalue weighted by Gasteiger charge is -2.05. The summed E-state index contributed by atoms with van der Waals surface area (Å²) in [4.78, 5) is 0. The largest absolute Gasteiger partial charge is 0.506 e. The number of aromatic hydroxyl groups is 1. The molecular weight excluding hydrogens is 154 g/mol. The maximum atomic E-state index is 9.30. The molecule has 3 heteroatoms. The van der Waals surface area contributed by atoms with Gasteiger partial charge in [0.25, 0.3) is 0 Å². The van der Waals surface area contributed by atoms with E-state index >= 15 is 0 Å². The zero-order chi connectivity index (χ0) is 8.97. The highest BCUT2D eigenvalue weighted by Crippen LogP contribution is 2.23. The minimum atomic E-state index is 0.261. The molecule has 0 heterocycles. The lowest BCUT2D eigenvalue weighted by Crippen LogP contribution is -1.92. The highest BCUT2D eigenvalue weighted by atomic mass is 16.5. The van der Waals surface area contributed by atoms with Crippen LogP contribution in [0.25, 0.3) is 0 Å². The van der Waals surface area contributed by atoms with E-state index in [-0.39, 0.29) is 5.75 Å². The molecule has 0 aliphatic carbocycles. The first kappa shape index (κ1) is 8.87. The second-order valence-electron chi connectivity index (χ2n) is 2.53. The summed E-state index contributed by atoms with van der Waals surface area (Å²) in [5, 5.41) is 12.2. The lowest BCUT2D eigenvalue weighted by atomic mass is 10.2. The number of phenols is 1. The molecule has 1 aromatic carbocycles. The van der Waals surface area contributed by atoms with Gasteiger partial charge in [0.2, 0.25) is 0 Å². The number of benzene rings is 1. The smallest absolute Gasteiger partial charge is 0.138 e. The number of ether oxygens (including phenoxy) is 1. The molecule has 66 valence electrons. The number of phenolic OH excluding ortho intramolecular Hbond substituents is 1. The average Bonchev–Trinajstić information content (AvgIpc) is 2.09. The fourth-order valence-electron chi connectivity index (χ4n) is 1.04. The molecule has 0 amide bonds. The summed E-state index contributed by atoms with van der Waals surface area (Å²) < 4.78 is 4.96. The van der Waals surface area contributed by atoms with Crippen LogP contribution in [-0.4, -0.2) is 19.3 Å². The third-order valence-electron chi connectivity index (χ3n) is 1.64. The molecule has 0 bridgehead atoms. The van der Waals surface area contributed by atoms with E-state index in [9.17, 15) is 5.11 Å². The minimum Gasteiger partial charge on any atom is -0.506 e. The van der Waals surface area contributed by atoms with Crippen LogP contribution in [0.15, 0.2) is 18.2 Å². The Morgan fingerprint density at radius 3 is 2.83 bits per heavy atom. The number of anilines is 1. The van der Waals surface area contributed by atoms with E-state index in [1.54, 1.807) is 20.2 Å². The number of nitrogens with one attached hydrogen (secondary N) is 1. The Morgan fingerprint density at radius 1 is 1.50 bits per heavy atom. The lowest BCUT2D eigenvalue weighted by molar-refractivity contribution is 0.185. The second-order valence-corrected chi connectivity index (χ2v) is 2.53. The molecule has 0 aromatic heterocycles. The van der Waals surface area contributed by atoms with Gasteiger partial charge in [0.15, 0.2) is 0 Å². The van der Waals surface area contributed by atoms with Crippen molar-refractivity contribution >= 4 is 5.69 Å². The van der Waals surface area contributed by atoms with Gasteiger partial charge in [-0.25, -0.2) is 0 Å². The average molecular weight is 167 g/mol. The van der Waals surface area contributed by atoms with Crippen LogP contribution in [0.3, 0.4) is 0 Å². The summed E-state index contributed by atoms with van der Waals surface area (Å²) in [6.45, 7) is 0.564. The number of hydrogen-bond donors (Lipinski definition) is 2. The zero-order valence-corrected chi connectivity index (χ0v) is 7.29. The summed E-state index contributed by atoms with van der Waals surface area (Å²) in [7, 11) is 3.41. The first-order valence-electron chi connectivity index (χ1n) is 3.76. The van der Waals surface area contributed by atoms with Gasteiger partial charge in [-0.2, -0.15) is 0 Å². The van der Waals surface area contributed by atoms with Crippen LogP contribution in [-0.2, 0) is 11.3 Å². The molecule has 0 aliphatic heterocycles. The second kappa shape index (κ2) is 3.97. The highest BCUT2D eigenvalue weighted by Gasteiger charge is 1.99. The van der Waals surface area contributed by atoms with Crippen molar-refractivity contribution in [2.45, 2.75) is 6.61 Å². The van der Waals surface area contributed by atoms with Gasteiger partial charge >= 0.3 is 0 Å². The Kier molecular flexibility index (Phi) is 2.94. The normalized spacial score (nSPS) is 9.83. The predicted molar refractivity (Wildman–Crippen MR) is 48.4 cm³/mol. The maximum absolute atomic E-state index is 9.30. The molecule has 2 N–H and O–H groups in total. The summed E-state index contributed by atoms with van der Waals surface area (Å²) in [5.41, 5.74) is 1.77. The van der Waals surface area contributed by atoms with E-state index in [4.69, 9.17) is 4.74 Å². The molecule has 0 atom stereocenters. The van der Waals surface area contributed by atoms with Crippen molar-refractivity contribution in [3.8, 4) is 5.75 Å². The van der Waals surface area contributed by atoms with Crippen LogP contribution in [0.1, 0.15) is 5.56 Å². The Hall–Kier alpha value is -1.22. The number of rotatable bonds is 3. The summed E-state index contributed by atoms with van der Waals surface area (Å²) in [6.07, 6.45) is 0. The van der Waals surface area contributed by atoms with Crippen molar-refractivity contribution in [2.75, 3.05) is 19.5 Å². The zero-order valence-electron chi connectivity index (χ0n) is 7.29. The number of methoxy groups -OCH3 is 1. The molecule has 0 fully saturated rings. The molecule has 1 aromatic rings. The topological polar surface area (TPSA) is 41.5 Å². The Balaban J connectivity index is 2.89. The van der Waals surface area contributed by atoms with Crippen molar-refractivity contribution in [2.24, 2.45) is 0 Å². The molecule has 0 unspecified atom stereocenters. The molecule has 12 heavy (non-hydrogen) atoms. The fourth-order valence-corrected chi connectivity index (χ4v) is 1.04. The molecule has 0 saturated heterocycles. The Labute approximate surface area is 72.0 Å². The van der Waals surface area contributed by atoms with Crippen molar-refractivity contribution in [1.29, 1.82) is 0 Å². The Bertz CT molecular complexity index is 261. The van der Waals surface area contributed by atoms with Crippen LogP contribution in [0.5, 0.6) is 5.75 Å². The molecule has 0 aliphatic rings. The van der Waals surface area contributed by atoms with Gasteiger partial charge in [0.1, 0.15) is 5.75 Å². The van der Waals surface area contributed by atoms with Gasteiger partial charge in [-0.1, -0.05) is 6.07 Å². The standard InChI is InChI=1S/C9H13NO2/c1-10-8-5-7(6-12-2)3-4-9(8)11/h3-5,10-11H,6H2,1-2H3. The molecule has 0 radical (unpaired) electrons. The SMILES string of the molecule is CNc1cc(COC)ccc1O. The van der Waals surface area contributed by atoms with E-state index < -0.39 is 0 Å². The van der Waals surface area contributed by atoms with Crippen LogP contribution in [0.4, 0.5) is 5.69 Å². The van der Waals surface area contributed by atoms with Gasteiger partial charge in [0.05, 0.1) is 12.3 Å². The van der Waals surface area contributed by atoms with Gasteiger partial charge in [-0.15, -0.1) is 0 Å². The summed E-state index contributed by atoms with van der Waals surface area (Å²) in [6, 6.07) is 5.35. The van der Waals surface area contributed by atoms with E-state index in [1.807, 2.05) is 12.1 Å². The van der Waals surface area contributed by atoms with E-state index in [0.717, 1.165) is 11.3 Å². The molecule has 3 nitrogen and oxygen atoms in total. The van der Waals surface area contributed by atoms with Gasteiger partial charge in [0, 0.05) is 14.2 Å². The molecular formula is C9H13NO2. The quantitative estimate of drug-likeness (QED) is 0.671. The summed E-state index contributed by atoms with van der Waals surface area (Å²) in [5.74, 6) is 0.261. The van der Waals surface area contributed by atoms with Crippen LogP contribution >= 0.6 is 0 Å². The minimum absolute atomic E-state index is 0.261. The molecule has 0 spiro atoms. The van der Waals surface area contributed by atoms with Crippen molar-refractivity contribution < 1.29 is 9.84 Å². The first-order chi connectivity index (χ1) is 5.77. The fraction of sp³-hybridized carbons (Fsp3) is 0.333. The van der Waals surface area contributed by atoms with Crippen LogP contribution in [0.2, 0.25) is 0 Å². The van der Waals surface area contributed by atoms with Crippen LogP contribution in [0, 0.1) is 0 Å². The molecule has 0 saturated carbocycles. The first-order valence-corrected chi connectivity index (χ1v) is 3.76. The van der Waals surface area contributed by atoms with E-state index in [2.05, 4.69) is 5.32 Å². The van der Waals surface area contributed by atoms with Crippen molar-refractivity contribution in [3.05, 3.63) is 23.8 Å². The van der Waals surface area contributed by atoms with E-state index in [1.165, 1.54) is 0 Å². The predicted octanol–water partition coefficient (Wildman–Crippen LogP) is 1.58. The van der Waals surface area contributed by atoms with Gasteiger partial charge < -0.3 is 15.2 Å².